The van der Waals surface area contributed by atoms with Gasteiger partial charge in [0, 0.05) is 38.1 Å². The molecule has 0 aliphatic heterocycles. The highest BCUT2D eigenvalue weighted by molar-refractivity contribution is 5.88. The van der Waals surface area contributed by atoms with Gasteiger partial charge in [0.05, 0.1) is 5.56 Å². The van der Waals surface area contributed by atoms with E-state index in [2.05, 4.69) is 74.4 Å². The molecule has 9 atom stereocenters. The number of aromatic nitrogens is 2. The van der Waals surface area contributed by atoms with E-state index in [0.717, 1.165) is 25.5 Å². The molecule has 5 aliphatic carbocycles. The molecule has 0 saturated heterocycles. The van der Waals surface area contributed by atoms with Crippen LogP contribution in [0.1, 0.15) is 115 Å². The molecule has 9 unspecified atom stereocenters. The Morgan fingerprint density at radius 1 is 0.958 bits per heavy atom. The van der Waals surface area contributed by atoms with Crippen LogP contribution in [0.4, 0.5) is 5.95 Å². The van der Waals surface area contributed by atoms with Crippen molar-refractivity contribution in [1.29, 1.82) is 0 Å². The zero-order chi connectivity index (χ0) is 34.3. The van der Waals surface area contributed by atoms with Gasteiger partial charge < -0.3 is 20.3 Å². The molecule has 0 spiro atoms. The first-order valence-electron chi connectivity index (χ1n) is 18.8. The first kappa shape index (κ1) is 33.6. The second kappa shape index (κ2) is 11.6. The molecular weight excluding hydrogens is 592 g/mol. The molecule has 260 valence electrons. The number of nitrogens with zero attached hydrogens (tertiary/aromatic N) is 2. The number of rotatable bonds is 8. The Hall–Kier alpha value is -2.86. The Balaban J connectivity index is 1.16. The van der Waals surface area contributed by atoms with Crippen molar-refractivity contribution < 1.29 is 9.90 Å². The monoisotopic (exact) mass is 652 g/mol. The van der Waals surface area contributed by atoms with E-state index in [9.17, 15) is 9.90 Å². The number of carboxylic acids is 1. The molecule has 1 heterocycles. The van der Waals surface area contributed by atoms with Crippen LogP contribution in [0.2, 0.25) is 0 Å². The van der Waals surface area contributed by atoms with Crippen LogP contribution in [-0.2, 0) is 7.05 Å². The molecule has 6 heteroatoms. The van der Waals surface area contributed by atoms with Crippen LogP contribution in [0, 0.1) is 51.2 Å². The largest absolute Gasteiger partial charge is 0.478 e. The van der Waals surface area contributed by atoms with Gasteiger partial charge in [-0.1, -0.05) is 65.0 Å². The summed E-state index contributed by atoms with van der Waals surface area (Å²) >= 11 is 0. The summed E-state index contributed by atoms with van der Waals surface area (Å²) in [6.07, 6.45) is 17.8. The molecule has 6 nitrogen and oxygen atoms in total. The molecule has 2 aromatic rings. The maximum atomic E-state index is 11.5. The van der Waals surface area contributed by atoms with Gasteiger partial charge in [-0.05, 0) is 139 Å². The van der Waals surface area contributed by atoms with Crippen molar-refractivity contribution in [2.45, 2.75) is 105 Å². The Labute approximate surface area is 289 Å². The lowest BCUT2D eigenvalue weighted by molar-refractivity contribution is -0.219. The number of nitrogens with one attached hydrogen (secondary N) is 2. The molecule has 1 aromatic heterocycles. The van der Waals surface area contributed by atoms with Gasteiger partial charge >= 0.3 is 5.97 Å². The summed E-state index contributed by atoms with van der Waals surface area (Å²) in [6.45, 7) is 21.8. The molecule has 4 saturated carbocycles. The van der Waals surface area contributed by atoms with Crippen molar-refractivity contribution in [2.24, 2.45) is 58.3 Å². The Morgan fingerprint density at radius 3 is 2.38 bits per heavy atom. The van der Waals surface area contributed by atoms with E-state index in [1.165, 1.54) is 68.1 Å². The number of anilines is 1. The average molecular weight is 653 g/mol. The van der Waals surface area contributed by atoms with Crippen LogP contribution in [0.25, 0.3) is 5.57 Å². The zero-order valence-electron chi connectivity index (χ0n) is 30.7. The lowest BCUT2D eigenvalue weighted by atomic mass is 9.33. The van der Waals surface area contributed by atoms with Crippen molar-refractivity contribution in [3.05, 3.63) is 66.0 Å². The molecule has 0 bridgehead atoms. The number of fused-ring (bicyclic) bond motifs is 7. The van der Waals surface area contributed by atoms with Gasteiger partial charge in [0.2, 0.25) is 5.95 Å². The Bertz CT molecular complexity index is 1610. The number of benzene rings is 1. The summed E-state index contributed by atoms with van der Waals surface area (Å²) in [6, 6.07) is 7.63. The zero-order valence-corrected chi connectivity index (χ0v) is 30.7. The predicted octanol–water partition coefficient (Wildman–Crippen LogP) is 9.22. The molecular formula is C42H60N4O2. The number of allylic oxidation sites excluding steroid dienone is 3. The summed E-state index contributed by atoms with van der Waals surface area (Å²) in [7, 11) is 2.05. The molecule has 7 rings (SSSR count). The van der Waals surface area contributed by atoms with E-state index in [0.29, 0.717) is 46.0 Å². The number of hydrogen-bond donors (Lipinski definition) is 3. The fraction of sp³-hybridized carbons (Fsp3) is 0.667. The third-order valence-electron chi connectivity index (χ3n) is 15.8. The summed E-state index contributed by atoms with van der Waals surface area (Å²) in [4.78, 5) is 16.0. The summed E-state index contributed by atoms with van der Waals surface area (Å²) in [5.74, 6) is 3.34. The van der Waals surface area contributed by atoms with Gasteiger partial charge in [-0.3, -0.25) is 0 Å². The van der Waals surface area contributed by atoms with E-state index < -0.39 is 5.97 Å². The smallest absolute Gasteiger partial charge is 0.335 e. The van der Waals surface area contributed by atoms with Crippen LogP contribution in [-0.4, -0.2) is 39.3 Å². The van der Waals surface area contributed by atoms with Crippen LogP contribution >= 0.6 is 0 Å². The standard InChI is InChI=1S/C42H60N4O2/c1-27(2)30-15-20-42(45-24-23-43-37-44-25-26-46(37)8)22-21-40(6)32(35(30)42)13-14-34-39(5)18-16-31(28-9-11-29(12-10-28)36(47)48)38(3,4)33(39)17-19-41(34,40)7/h9-12,16,25-26,30,32-35,45H,1,13-15,17-24H2,2-8H3,(H,43,44)(H,47,48). The maximum Gasteiger partial charge on any atom is 0.335 e. The molecule has 1 aromatic carbocycles. The van der Waals surface area contributed by atoms with Gasteiger partial charge in [0.25, 0.3) is 0 Å². The quantitative estimate of drug-likeness (QED) is 0.196. The molecule has 0 radical (unpaired) electrons. The van der Waals surface area contributed by atoms with Crippen molar-refractivity contribution >= 4 is 17.5 Å². The third-order valence-corrected chi connectivity index (χ3v) is 15.8. The third kappa shape index (κ3) is 4.81. The van der Waals surface area contributed by atoms with Gasteiger partial charge in [-0.15, -0.1) is 0 Å². The highest BCUT2D eigenvalue weighted by Crippen LogP contribution is 2.76. The SMILES string of the molecule is C=C(C)C1CCC2(NCCNc3nccn3C)CCC3(C)C(CCC4C5(C)CC=C(c6ccc(C(=O)O)cc6)C(C)(C)C5CCC43C)C12. The van der Waals surface area contributed by atoms with Crippen LogP contribution in [0.15, 0.2) is 54.9 Å². The first-order valence-corrected chi connectivity index (χ1v) is 18.8. The fourth-order valence-electron chi connectivity index (χ4n) is 13.4. The normalized spacial score (nSPS) is 39.7. The van der Waals surface area contributed by atoms with Gasteiger partial charge in [-0.25, -0.2) is 9.78 Å². The van der Waals surface area contributed by atoms with Crippen LogP contribution in [0.5, 0.6) is 0 Å². The molecule has 3 N–H and O–H groups in total. The van der Waals surface area contributed by atoms with Crippen LogP contribution < -0.4 is 10.6 Å². The average Bonchev–Trinajstić information content (AvgIpc) is 3.63. The summed E-state index contributed by atoms with van der Waals surface area (Å²) in [5, 5.41) is 17.2. The van der Waals surface area contributed by atoms with E-state index >= 15 is 0 Å². The number of hydrogen-bond acceptors (Lipinski definition) is 4. The lowest BCUT2D eigenvalue weighted by Gasteiger charge is -2.72. The molecule has 0 amide bonds. The second-order valence-corrected chi connectivity index (χ2v) is 18.0. The number of imidazole rings is 1. The number of carbonyl (C=O) groups is 1. The van der Waals surface area contributed by atoms with Gasteiger partial charge in [0.15, 0.2) is 0 Å². The second-order valence-electron chi connectivity index (χ2n) is 18.0. The minimum Gasteiger partial charge on any atom is -0.478 e. The van der Waals surface area contributed by atoms with Gasteiger partial charge in [0.1, 0.15) is 0 Å². The summed E-state index contributed by atoms with van der Waals surface area (Å²) in [5.41, 5.74) is 5.45. The first-order chi connectivity index (χ1) is 22.7. The minimum absolute atomic E-state index is 0.0297. The van der Waals surface area contributed by atoms with E-state index in [4.69, 9.17) is 0 Å². The predicted molar refractivity (Wildman–Crippen MR) is 196 cm³/mol. The Kier molecular flexibility index (Phi) is 8.13. The molecule has 5 aliphatic rings. The lowest BCUT2D eigenvalue weighted by Crippen LogP contribution is -2.68. The Morgan fingerprint density at radius 2 is 1.71 bits per heavy atom. The number of carboxylic acid groups (broad SMARTS) is 1. The highest BCUT2D eigenvalue weighted by Gasteiger charge is 2.70. The van der Waals surface area contributed by atoms with Gasteiger partial charge in [-0.2, -0.15) is 0 Å². The van der Waals surface area contributed by atoms with E-state index in [1.807, 2.05) is 31.6 Å². The number of aromatic carboxylic acids is 1. The highest BCUT2D eigenvalue weighted by atomic mass is 16.4. The fourth-order valence-corrected chi connectivity index (χ4v) is 13.4. The van der Waals surface area contributed by atoms with Crippen molar-refractivity contribution in [2.75, 3.05) is 18.4 Å². The van der Waals surface area contributed by atoms with E-state index in [1.54, 1.807) is 12.1 Å². The van der Waals surface area contributed by atoms with Crippen LogP contribution in [0.3, 0.4) is 0 Å². The van der Waals surface area contributed by atoms with E-state index in [-0.39, 0.29) is 16.4 Å². The van der Waals surface area contributed by atoms with Crippen molar-refractivity contribution in [1.82, 2.24) is 14.9 Å². The molecule has 4 fully saturated rings. The minimum atomic E-state index is -0.859. The maximum absolute atomic E-state index is 11.5. The number of aryl methyl sites for hydroxylation is 1. The topological polar surface area (TPSA) is 79.2 Å². The van der Waals surface area contributed by atoms with Crippen molar-refractivity contribution in [3.63, 3.8) is 0 Å². The molecule has 48 heavy (non-hydrogen) atoms. The van der Waals surface area contributed by atoms with Crippen molar-refractivity contribution in [3.8, 4) is 0 Å². The summed E-state index contributed by atoms with van der Waals surface area (Å²) < 4.78 is 2.05.